The van der Waals surface area contributed by atoms with Gasteiger partial charge in [0, 0.05) is 42.2 Å². The van der Waals surface area contributed by atoms with E-state index in [-0.39, 0.29) is 0 Å². The molecule has 0 aliphatic heterocycles. The highest BCUT2D eigenvalue weighted by Crippen LogP contribution is 2.47. The van der Waals surface area contributed by atoms with Crippen LogP contribution in [0.25, 0.3) is 109 Å². The standard InChI is InChI=1S/C51H31N3S/c1-3-11-32(12-4-1)33-19-21-34(22-20-33)35-23-26-39(27-24-35)50-52-49(38-15-5-2-6-16-38)53-51(54-50)44-31-40-28-25-36-13-7-9-17-41(36)45(40)48-46(44)43-30-29-37-14-8-10-18-42(37)47(43)55-48/h1-31H. The monoisotopic (exact) mass is 717 g/mol. The van der Waals surface area contributed by atoms with Crippen LogP contribution in [0.4, 0.5) is 0 Å². The van der Waals surface area contributed by atoms with Crippen molar-refractivity contribution in [3.63, 3.8) is 0 Å². The Bertz CT molecular complexity index is 3220. The van der Waals surface area contributed by atoms with Crippen molar-refractivity contribution in [2.24, 2.45) is 0 Å². The third-order valence-corrected chi connectivity index (χ3v) is 12.0. The molecule has 11 aromatic rings. The summed E-state index contributed by atoms with van der Waals surface area (Å²) in [5.74, 6) is 1.96. The molecule has 0 aliphatic rings. The van der Waals surface area contributed by atoms with Crippen LogP contribution in [-0.4, -0.2) is 15.0 Å². The molecule has 0 amide bonds. The Morgan fingerprint density at radius 2 is 0.745 bits per heavy atom. The highest BCUT2D eigenvalue weighted by molar-refractivity contribution is 7.27. The van der Waals surface area contributed by atoms with E-state index in [1.54, 1.807) is 0 Å². The third-order valence-electron chi connectivity index (χ3n) is 10.7. The second-order valence-corrected chi connectivity index (χ2v) is 15.0. The van der Waals surface area contributed by atoms with Gasteiger partial charge < -0.3 is 0 Å². The molecule has 0 saturated carbocycles. The predicted octanol–water partition coefficient (Wildman–Crippen LogP) is 14.0. The van der Waals surface area contributed by atoms with Gasteiger partial charge in [0.15, 0.2) is 17.5 Å². The van der Waals surface area contributed by atoms with E-state index in [4.69, 9.17) is 15.0 Å². The summed E-state index contributed by atoms with van der Waals surface area (Å²) in [6.07, 6.45) is 0. The first kappa shape index (κ1) is 31.5. The Morgan fingerprint density at radius 3 is 1.40 bits per heavy atom. The van der Waals surface area contributed by atoms with E-state index in [0.717, 1.165) is 27.8 Å². The Hall–Kier alpha value is -7.01. The molecule has 55 heavy (non-hydrogen) atoms. The van der Waals surface area contributed by atoms with Gasteiger partial charge in [-0.2, -0.15) is 0 Å². The minimum atomic E-state index is 0.645. The molecule has 0 fully saturated rings. The quantitative estimate of drug-likeness (QED) is 0.166. The van der Waals surface area contributed by atoms with Crippen molar-refractivity contribution in [3.8, 4) is 56.4 Å². The third kappa shape index (κ3) is 5.38. The largest absolute Gasteiger partial charge is 0.208 e. The number of benzene rings is 9. The Labute approximate surface area is 321 Å². The van der Waals surface area contributed by atoms with Gasteiger partial charge in [0.05, 0.1) is 0 Å². The van der Waals surface area contributed by atoms with Crippen molar-refractivity contribution in [2.45, 2.75) is 0 Å². The summed E-state index contributed by atoms with van der Waals surface area (Å²) < 4.78 is 2.53. The van der Waals surface area contributed by atoms with E-state index in [0.29, 0.717) is 17.5 Å². The number of thiophene rings is 1. The van der Waals surface area contributed by atoms with E-state index in [1.807, 2.05) is 35.6 Å². The van der Waals surface area contributed by atoms with Crippen molar-refractivity contribution in [1.29, 1.82) is 0 Å². The molecular weight excluding hydrogens is 687 g/mol. The zero-order valence-electron chi connectivity index (χ0n) is 29.6. The Kier molecular flexibility index (Phi) is 7.35. The molecule has 0 spiro atoms. The van der Waals surface area contributed by atoms with Gasteiger partial charge in [0.2, 0.25) is 0 Å². The van der Waals surface area contributed by atoms with E-state index in [2.05, 4.69) is 164 Å². The summed E-state index contributed by atoms with van der Waals surface area (Å²) in [6.45, 7) is 0. The smallest absolute Gasteiger partial charge is 0.164 e. The van der Waals surface area contributed by atoms with Gasteiger partial charge in [-0.15, -0.1) is 11.3 Å². The maximum atomic E-state index is 5.30. The minimum Gasteiger partial charge on any atom is -0.208 e. The van der Waals surface area contributed by atoms with Crippen LogP contribution in [0.5, 0.6) is 0 Å². The lowest BCUT2D eigenvalue weighted by atomic mass is 9.95. The molecule has 2 heterocycles. The molecule has 9 aromatic carbocycles. The number of rotatable bonds is 5. The zero-order chi connectivity index (χ0) is 36.3. The van der Waals surface area contributed by atoms with Gasteiger partial charge in [-0.05, 0) is 55.3 Å². The first-order valence-corrected chi connectivity index (χ1v) is 19.3. The fourth-order valence-corrected chi connectivity index (χ4v) is 9.41. The Balaban J connectivity index is 1.12. The van der Waals surface area contributed by atoms with E-state index < -0.39 is 0 Å². The topological polar surface area (TPSA) is 38.7 Å². The Morgan fingerprint density at radius 1 is 0.291 bits per heavy atom. The van der Waals surface area contributed by atoms with Gasteiger partial charge in [0.1, 0.15) is 0 Å². The van der Waals surface area contributed by atoms with Gasteiger partial charge >= 0.3 is 0 Å². The second kappa shape index (κ2) is 12.8. The number of hydrogen-bond donors (Lipinski definition) is 0. The van der Waals surface area contributed by atoms with Crippen LogP contribution < -0.4 is 0 Å². The lowest BCUT2D eigenvalue weighted by Gasteiger charge is -2.12. The van der Waals surface area contributed by atoms with Crippen molar-refractivity contribution in [2.75, 3.05) is 0 Å². The SMILES string of the molecule is c1ccc(-c2ccc(-c3ccc(-c4nc(-c5ccccc5)nc(-c5cc6ccc7ccccc7c6c6sc7c8ccccc8ccc7c56)n4)cc3)cc2)cc1. The molecule has 0 aliphatic carbocycles. The maximum Gasteiger partial charge on any atom is 0.164 e. The molecule has 0 radical (unpaired) electrons. The summed E-state index contributed by atoms with van der Waals surface area (Å²) >= 11 is 1.87. The molecule has 4 heteroatoms. The lowest BCUT2D eigenvalue weighted by molar-refractivity contribution is 1.08. The summed E-state index contributed by atoms with van der Waals surface area (Å²) in [7, 11) is 0. The molecule has 0 bridgehead atoms. The van der Waals surface area contributed by atoms with Gasteiger partial charge in [-0.25, -0.2) is 15.0 Å². The van der Waals surface area contributed by atoms with Crippen LogP contribution in [-0.2, 0) is 0 Å². The first-order chi connectivity index (χ1) is 27.2. The van der Waals surface area contributed by atoms with Crippen LogP contribution in [0, 0.1) is 0 Å². The number of nitrogens with zero attached hydrogens (tertiary/aromatic N) is 3. The highest BCUT2D eigenvalue weighted by atomic mass is 32.1. The average molecular weight is 718 g/mol. The van der Waals surface area contributed by atoms with Crippen molar-refractivity contribution >= 4 is 63.8 Å². The minimum absolute atomic E-state index is 0.645. The summed E-state index contributed by atoms with van der Waals surface area (Å²) in [5.41, 5.74) is 7.62. The van der Waals surface area contributed by atoms with Crippen molar-refractivity contribution < 1.29 is 0 Å². The maximum absolute atomic E-state index is 5.30. The number of aromatic nitrogens is 3. The molecule has 0 saturated heterocycles. The van der Waals surface area contributed by atoms with Crippen LogP contribution >= 0.6 is 11.3 Å². The predicted molar refractivity (Wildman–Crippen MR) is 232 cm³/mol. The molecule has 2 aromatic heterocycles. The van der Waals surface area contributed by atoms with Crippen LogP contribution in [0.1, 0.15) is 0 Å². The van der Waals surface area contributed by atoms with E-state index >= 15 is 0 Å². The zero-order valence-corrected chi connectivity index (χ0v) is 30.5. The van der Waals surface area contributed by atoms with Gasteiger partial charge in [-0.1, -0.05) is 182 Å². The fourth-order valence-electron chi connectivity index (χ4n) is 7.97. The second-order valence-electron chi connectivity index (χ2n) is 14.0. The molecule has 0 unspecified atom stereocenters. The van der Waals surface area contributed by atoms with Crippen LogP contribution in [0.2, 0.25) is 0 Å². The molecule has 3 nitrogen and oxygen atoms in total. The molecule has 256 valence electrons. The number of hydrogen-bond acceptors (Lipinski definition) is 4. The normalized spacial score (nSPS) is 11.6. The van der Waals surface area contributed by atoms with E-state index in [1.165, 1.54) is 63.6 Å². The average Bonchev–Trinajstić information content (AvgIpc) is 3.67. The summed E-state index contributed by atoms with van der Waals surface area (Å²) in [5, 5.41) is 9.82. The van der Waals surface area contributed by atoms with Crippen LogP contribution in [0.3, 0.4) is 0 Å². The van der Waals surface area contributed by atoms with Gasteiger partial charge in [0.25, 0.3) is 0 Å². The molecule has 11 rings (SSSR count). The first-order valence-electron chi connectivity index (χ1n) is 18.5. The molecule has 0 atom stereocenters. The van der Waals surface area contributed by atoms with E-state index in [9.17, 15) is 0 Å². The number of fused-ring (bicyclic) bond motifs is 9. The summed E-state index contributed by atoms with van der Waals surface area (Å²) in [4.78, 5) is 15.6. The lowest BCUT2D eigenvalue weighted by Crippen LogP contribution is -2.00. The van der Waals surface area contributed by atoms with Gasteiger partial charge in [-0.3, -0.25) is 0 Å². The van der Waals surface area contributed by atoms with Crippen LogP contribution in [0.15, 0.2) is 188 Å². The molecule has 0 N–H and O–H groups in total. The molecular formula is C51H31N3S. The highest BCUT2D eigenvalue weighted by Gasteiger charge is 2.21. The summed E-state index contributed by atoms with van der Waals surface area (Å²) in [6, 6.07) is 66.7. The van der Waals surface area contributed by atoms with Crippen molar-refractivity contribution in [1.82, 2.24) is 15.0 Å². The van der Waals surface area contributed by atoms with Crippen molar-refractivity contribution in [3.05, 3.63) is 188 Å². The fraction of sp³-hybridized carbons (Fsp3) is 0.